The Morgan fingerprint density at radius 3 is 1.57 bits per heavy atom. The number of benzene rings is 9. The van der Waals surface area contributed by atoms with Crippen molar-refractivity contribution in [2.45, 2.75) is 0 Å². The summed E-state index contributed by atoms with van der Waals surface area (Å²) < 4.78 is 4.64. The van der Waals surface area contributed by atoms with Gasteiger partial charge in [0.15, 0.2) is 0 Å². The third-order valence-corrected chi connectivity index (χ3v) is 11.9. The summed E-state index contributed by atoms with van der Waals surface area (Å²) in [6.07, 6.45) is 0. The van der Waals surface area contributed by atoms with Crippen LogP contribution in [0.2, 0.25) is 0 Å². The lowest BCUT2D eigenvalue weighted by Gasteiger charge is -2.14. The Hall–Kier alpha value is -8.08. The van der Waals surface area contributed by atoms with Crippen LogP contribution in [-0.4, -0.2) is 19.1 Å². The normalized spacial score (nSPS) is 11.7. The summed E-state index contributed by atoms with van der Waals surface area (Å²) in [5, 5.41) is 5.97. The number of para-hydroxylation sites is 4. The van der Waals surface area contributed by atoms with Crippen molar-refractivity contribution in [3.63, 3.8) is 0 Å². The maximum absolute atomic E-state index is 5.52. The van der Waals surface area contributed by atoms with Gasteiger partial charge in [-0.15, -0.1) is 0 Å². The van der Waals surface area contributed by atoms with Gasteiger partial charge in [-0.05, 0) is 82.2 Å². The molecule has 9 aromatic carbocycles. The molecule has 0 N–H and O–H groups in total. The molecule has 0 radical (unpaired) electrons. The Morgan fingerprint density at radius 2 is 0.833 bits per heavy atom. The molecular formula is C56H36N4. The zero-order chi connectivity index (χ0) is 39.6. The Kier molecular flexibility index (Phi) is 7.82. The molecule has 0 aliphatic heterocycles. The monoisotopic (exact) mass is 764 g/mol. The Labute approximate surface area is 346 Å². The van der Waals surface area contributed by atoms with E-state index < -0.39 is 0 Å². The predicted octanol–water partition coefficient (Wildman–Crippen LogP) is 14.5. The average molecular weight is 765 g/mol. The fourth-order valence-electron chi connectivity index (χ4n) is 9.13. The average Bonchev–Trinajstić information content (AvgIpc) is 3.89. The van der Waals surface area contributed by atoms with Crippen LogP contribution in [0.1, 0.15) is 0 Å². The summed E-state index contributed by atoms with van der Waals surface area (Å²) in [5.74, 6) is 0.937. The second-order valence-electron chi connectivity index (χ2n) is 15.4. The van der Waals surface area contributed by atoms with Crippen molar-refractivity contribution in [1.82, 2.24) is 19.1 Å². The molecule has 3 aromatic heterocycles. The lowest BCUT2D eigenvalue weighted by atomic mass is 9.94. The minimum absolute atomic E-state index is 0.937. The van der Waals surface area contributed by atoms with E-state index in [9.17, 15) is 0 Å². The van der Waals surface area contributed by atoms with Crippen LogP contribution in [0.5, 0.6) is 0 Å². The molecule has 0 spiro atoms. The van der Waals surface area contributed by atoms with Gasteiger partial charge in [0.25, 0.3) is 0 Å². The Balaban J connectivity index is 0.945. The number of aromatic nitrogens is 4. The highest BCUT2D eigenvalue weighted by Crippen LogP contribution is 2.43. The quantitative estimate of drug-likeness (QED) is 0.158. The lowest BCUT2D eigenvalue weighted by molar-refractivity contribution is 1.10. The topological polar surface area (TPSA) is 35.6 Å². The van der Waals surface area contributed by atoms with Crippen LogP contribution < -0.4 is 0 Å². The number of fused-ring (bicyclic) bond motifs is 8. The molecule has 0 bridgehead atoms. The van der Waals surface area contributed by atoms with Gasteiger partial charge >= 0.3 is 0 Å². The fraction of sp³-hybridized carbons (Fsp3) is 0. The Morgan fingerprint density at radius 1 is 0.283 bits per heavy atom. The van der Waals surface area contributed by atoms with Crippen molar-refractivity contribution in [3.8, 4) is 56.3 Å². The van der Waals surface area contributed by atoms with Crippen molar-refractivity contribution in [1.29, 1.82) is 0 Å². The molecule has 0 aliphatic carbocycles. The van der Waals surface area contributed by atoms with Crippen molar-refractivity contribution in [3.05, 3.63) is 218 Å². The van der Waals surface area contributed by atoms with E-state index in [2.05, 4.69) is 215 Å². The van der Waals surface area contributed by atoms with Crippen LogP contribution in [0.25, 0.3) is 111 Å². The maximum Gasteiger partial charge on any atom is 0.145 e. The first-order chi connectivity index (χ1) is 29.8. The van der Waals surface area contributed by atoms with E-state index >= 15 is 0 Å². The molecule has 0 saturated carbocycles. The zero-order valence-electron chi connectivity index (χ0n) is 32.6. The summed E-state index contributed by atoms with van der Waals surface area (Å²) in [6.45, 7) is 0. The van der Waals surface area contributed by atoms with Gasteiger partial charge in [0, 0.05) is 44.0 Å². The van der Waals surface area contributed by atoms with Crippen LogP contribution in [-0.2, 0) is 0 Å². The largest absolute Gasteiger partial charge is 0.309 e. The van der Waals surface area contributed by atoms with E-state index in [0.717, 1.165) is 72.6 Å². The molecule has 0 unspecified atom stereocenters. The third kappa shape index (κ3) is 5.46. The number of nitrogens with zero attached hydrogens (tertiary/aromatic N) is 4. The standard InChI is InChI=1S/C56H36N4/c1-4-14-40(15-5-1)55-54-46(34-35-52-53(54)47-20-10-12-22-50(47)59(52)43-18-8-3-9-19-43)45-33-30-42(36-49(45)57-55)39-26-24-37(25-27-39)38-28-31-44(32-29-38)60-51-23-13-11-21-48(51)58-56(60)41-16-6-2-7-17-41/h1-36H. The van der Waals surface area contributed by atoms with Gasteiger partial charge in [-0.2, -0.15) is 0 Å². The first-order valence-electron chi connectivity index (χ1n) is 20.4. The molecule has 0 atom stereocenters. The number of pyridine rings is 1. The van der Waals surface area contributed by atoms with Crippen LogP contribution in [0.15, 0.2) is 218 Å². The summed E-state index contributed by atoms with van der Waals surface area (Å²) in [7, 11) is 0. The summed E-state index contributed by atoms with van der Waals surface area (Å²) >= 11 is 0. The molecular weight excluding hydrogens is 729 g/mol. The molecule has 0 saturated heterocycles. The lowest BCUT2D eigenvalue weighted by Crippen LogP contribution is -1.97. The van der Waals surface area contributed by atoms with Crippen molar-refractivity contribution >= 4 is 54.5 Å². The van der Waals surface area contributed by atoms with Crippen molar-refractivity contribution in [2.75, 3.05) is 0 Å². The summed E-state index contributed by atoms with van der Waals surface area (Å²) in [5.41, 5.74) is 15.4. The van der Waals surface area contributed by atoms with E-state index in [1.165, 1.54) is 38.1 Å². The smallest absolute Gasteiger partial charge is 0.145 e. The third-order valence-electron chi connectivity index (χ3n) is 11.9. The van der Waals surface area contributed by atoms with E-state index in [1.54, 1.807) is 0 Å². The SMILES string of the molecule is c1ccc(-c2nc3cc(-c4ccc(-c5ccc(-n6c(-c7ccccc7)nc7ccccc76)cc5)cc4)ccc3c3ccc4c(c5ccccc5n4-c4ccccc4)c23)cc1. The summed E-state index contributed by atoms with van der Waals surface area (Å²) in [6, 6.07) is 77.8. The highest BCUT2D eigenvalue weighted by molar-refractivity contribution is 6.28. The van der Waals surface area contributed by atoms with Gasteiger partial charge in [0.1, 0.15) is 5.82 Å². The van der Waals surface area contributed by atoms with E-state index in [0.29, 0.717) is 0 Å². The number of rotatable bonds is 6. The zero-order valence-corrected chi connectivity index (χ0v) is 32.6. The predicted molar refractivity (Wildman–Crippen MR) is 250 cm³/mol. The van der Waals surface area contributed by atoms with Gasteiger partial charge in [0.05, 0.1) is 33.3 Å². The fourth-order valence-corrected chi connectivity index (χ4v) is 9.13. The van der Waals surface area contributed by atoms with Crippen molar-refractivity contribution in [2.24, 2.45) is 0 Å². The molecule has 280 valence electrons. The highest BCUT2D eigenvalue weighted by atomic mass is 15.1. The van der Waals surface area contributed by atoms with Crippen LogP contribution in [0, 0.1) is 0 Å². The van der Waals surface area contributed by atoms with Crippen LogP contribution >= 0.6 is 0 Å². The van der Waals surface area contributed by atoms with E-state index in [-0.39, 0.29) is 0 Å². The minimum atomic E-state index is 0.937. The van der Waals surface area contributed by atoms with Crippen molar-refractivity contribution < 1.29 is 0 Å². The van der Waals surface area contributed by atoms with E-state index in [1.807, 2.05) is 12.1 Å². The highest BCUT2D eigenvalue weighted by Gasteiger charge is 2.20. The number of imidazole rings is 1. The molecule has 12 aromatic rings. The Bertz CT molecular complexity index is 3550. The van der Waals surface area contributed by atoms with Crippen LogP contribution in [0.3, 0.4) is 0 Å². The van der Waals surface area contributed by atoms with Gasteiger partial charge < -0.3 is 4.57 Å². The van der Waals surface area contributed by atoms with Crippen LogP contribution in [0.4, 0.5) is 0 Å². The van der Waals surface area contributed by atoms with E-state index in [4.69, 9.17) is 9.97 Å². The molecule has 3 heterocycles. The second-order valence-corrected chi connectivity index (χ2v) is 15.4. The molecule has 4 nitrogen and oxygen atoms in total. The molecule has 60 heavy (non-hydrogen) atoms. The molecule has 12 rings (SSSR count). The van der Waals surface area contributed by atoms with Gasteiger partial charge in [-0.3, -0.25) is 4.57 Å². The van der Waals surface area contributed by atoms with Gasteiger partial charge in [-0.1, -0.05) is 164 Å². The molecule has 0 amide bonds. The molecule has 4 heteroatoms. The summed E-state index contributed by atoms with van der Waals surface area (Å²) in [4.78, 5) is 10.5. The second kappa shape index (κ2) is 13.8. The van der Waals surface area contributed by atoms with Gasteiger partial charge in [-0.25, -0.2) is 9.97 Å². The number of hydrogen-bond donors (Lipinski definition) is 0. The first kappa shape index (κ1) is 34.0. The molecule has 0 aliphatic rings. The first-order valence-corrected chi connectivity index (χ1v) is 20.4. The minimum Gasteiger partial charge on any atom is -0.309 e. The van der Waals surface area contributed by atoms with Gasteiger partial charge in [0.2, 0.25) is 0 Å². The number of hydrogen-bond acceptors (Lipinski definition) is 2. The maximum atomic E-state index is 5.52. The molecule has 0 fully saturated rings.